The number of amides is 2. The molecule has 5 aromatic rings. The van der Waals surface area contributed by atoms with Crippen LogP contribution in [0.3, 0.4) is 0 Å². The average Bonchev–Trinajstić information content (AvgIpc) is 3.92. The molecule has 0 radical (unpaired) electrons. The van der Waals surface area contributed by atoms with Crippen molar-refractivity contribution in [3.63, 3.8) is 0 Å². The number of nitrogens with one attached hydrogen (secondary N) is 1. The van der Waals surface area contributed by atoms with Crippen molar-refractivity contribution in [2.45, 2.75) is 25.9 Å². The lowest BCUT2D eigenvalue weighted by Gasteiger charge is -2.35. The molecule has 0 spiro atoms. The van der Waals surface area contributed by atoms with Crippen LogP contribution in [0.2, 0.25) is 0 Å². The normalized spacial score (nSPS) is 16.8. The van der Waals surface area contributed by atoms with Crippen LogP contribution in [0.1, 0.15) is 34.6 Å². The van der Waals surface area contributed by atoms with Gasteiger partial charge in [0.1, 0.15) is 11.5 Å². The summed E-state index contributed by atoms with van der Waals surface area (Å²) in [5.41, 5.74) is 3.95. The molecule has 4 aromatic heterocycles. The Hall–Kier alpha value is -5.74. The van der Waals surface area contributed by atoms with E-state index in [4.69, 9.17) is 14.5 Å². The number of H-pyrrole nitrogens is 1. The summed E-state index contributed by atoms with van der Waals surface area (Å²) in [4.78, 5) is 47.1. The highest BCUT2D eigenvalue weighted by atomic mass is 19.1. The fraction of sp³-hybridized carbons (Fsp3) is 0.385. The van der Waals surface area contributed by atoms with Gasteiger partial charge in [0.15, 0.2) is 17.4 Å². The number of halogens is 2. The van der Waals surface area contributed by atoms with Gasteiger partial charge < -0.3 is 29.2 Å². The van der Waals surface area contributed by atoms with Crippen molar-refractivity contribution in [3.8, 4) is 16.9 Å². The van der Waals surface area contributed by atoms with Crippen LogP contribution < -0.4 is 9.64 Å². The summed E-state index contributed by atoms with van der Waals surface area (Å²) in [7, 11) is 1.47. The average molecular weight is 753 g/mol. The third-order valence-electron chi connectivity index (χ3n) is 10.5. The number of pyridine rings is 2. The number of morpholine rings is 1. The number of benzene rings is 1. The molecule has 0 unspecified atom stereocenters. The predicted molar refractivity (Wildman–Crippen MR) is 200 cm³/mol. The highest BCUT2D eigenvalue weighted by Gasteiger charge is 2.29. The molecule has 2 saturated heterocycles. The molecule has 55 heavy (non-hydrogen) atoms. The Bertz CT molecular complexity index is 2190. The maximum atomic E-state index is 16.8. The van der Waals surface area contributed by atoms with E-state index in [9.17, 15) is 14.0 Å². The number of piperazine rings is 1. The molecule has 1 aromatic carbocycles. The lowest BCUT2D eigenvalue weighted by molar-refractivity contribution is -0.131. The van der Waals surface area contributed by atoms with E-state index in [-0.39, 0.29) is 36.0 Å². The van der Waals surface area contributed by atoms with E-state index < -0.39 is 11.6 Å². The smallest absolute Gasteiger partial charge is 0.270 e. The topological polar surface area (TPSA) is 138 Å². The number of aryl methyl sites for hydroxylation is 1. The second-order valence-electron chi connectivity index (χ2n) is 13.9. The van der Waals surface area contributed by atoms with Crippen molar-refractivity contribution in [3.05, 3.63) is 89.8 Å². The van der Waals surface area contributed by atoms with Crippen molar-refractivity contribution in [2.75, 3.05) is 77.6 Å². The molecule has 0 saturated carbocycles. The highest BCUT2D eigenvalue weighted by Crippen LogP contribution is 2.37. The number of aromatic nitrogens is 6. The van der Waals surface area contributed by atoms with Gasteiger partial charge in [0.05, 0.1) is 50.5 Å². The van der Waals surface area contributed by atoms with E-state index in [1.54, 1.807) is 39.1 Å². The van der Waals surface area contributed by atoms with E-state index >= 15 is 4.39 Å². The molecule has 2 amide bonds. The predicted octanol–water partition coefficient (Wildman–Crippen LogP) is 4.00. The Labute approximate surface area is 316 Å². The van der Waals surface area contributed by atoms with Crippen LogP contribution in [0.15, 0.2) is 61.2 Å². The molecule has 7 heterocycles. The molecule has 0 atom stereocenters. The number of aromatic amines is 1. The van der Waals surface area contributed by atoms with Crippen molar-refractivity contribution < 1.29 is 27.8 Å². The quantitative estimate of drug-likeness (QED) is 0.223. The summed E-state index contributed by atoms with van der Waals surface area (Å²) in [6.07, 6.45) is 9.04. The summed E-state index contributed by atoms with van der Waals surface area (Å²) in [6.45, 7) is 6.60. The van der Waals surface area contributed by atoms with Crippen LogP contribution >= 0.6 is 0 Å². The second-order valence-corrected chi connectivity index (χ2v) is 13.9. The van der Waals surface area contributed by atoms with Gasteiger partial charge in [-0.05, 0) is 35.8 Å². The first kappa shape index (κ1) is 36.2. The van der Waals surface area contributed by atoms with Gasteiger partial charge in [-0.25, -0.2) is 13.8 Å². The van der Waals surface area contributed by atoms with Gasteiger partial charge in [-0.3, -0.25) is 24.2 Å². The zero-order valence-electron chi connectivity index (χ0n) is 30.6. The summed E-state index contributed by atoms with van der Waals surface area (Å²) in [5.74, 6) is -0.459. The van der Waals surface area contributed by atoms with Gasteiger partial charge >= 0.3 is 0 Å². The van der Waals surface area contributed by atoms with E-state index in [0.29, 0.717) is 93.5 Å². The van der Waals surface area contributed by atoms with Crippen molar-refractivity contribution in [1.82, 2.24) is 44.6 Å². The third kappa shape index (κ3) is 7.77. The van der Waals surface area contributed by atoms with E-state index in [0.717, 1.165) is 36.1 Å². The van der Waals surface area contributed by atoms with Crippen molar-refractivity contribution >= 4 is 34.1 Å². The summed E-state index contributed by atoms with van der Waals surface area (Å²) < 4.78 is 43.0. The van der Waals surface area contributed by atoms with Gasteiger partial charge in [-0.1, -0.05) is 17.4 Å². The number of nitrogens with zero attached hydrogens (tertiary/aromatic N) is 9. The standard InChI is InChI=1S/C39H42F2N10O4/c1-54-34-19-28(40)23-43-38(34)48-11-13-49(14-12-48)39(53)33-21-32-30(26-4-5-29(42-22-26)25-47-15-17-55-18-16-47)20-31(36(41)37(32)45-33)27-3-2-8-50(24-27)35(52)6-9-51-10-7-44-46-51/h3-5,7,10,19-23,45H,2,6,8-9,11-18,24-25H2,1H3. The van der Waals surface area contributed by atoms with E-state index in [1.807, 2.05) is 29.2 Å². The van der Waals surface area contributed by atoms with Gasteiger partial charge in [-0.15, -0.1) is 5.10 Å². The fourth-order valence-corrected chi connectivity index (χ4v) is 7.48. The Morgan fingerprint density at radius 3 is 2.53 bits per heavy atom. The number of ether oxygens (including phenoxy) is 2. The van der Waals surface area contributed by atoms with E-state index in [2.05, 4.69) is 25.2 Å². The summed E-state index contributed by atoms with van der Waals surface area (Å²) in [5, 5.41) is 8.31. The number of rotatable bonds is 10. The first-order valence-electron chi connectivity index (χ1n) is 18.5. The maximum absolute atomic E-state index is 16.8. The van der Waals surface area contributed by atoms with Crippen LogP contribution in [0.5, 0.6) is 5.75 Å². The number of hydrogen-bond acceptors (Lipinski definition) is 10. The molecule has 286 valence electrons. The van der Waals surface area contributed by atoms with Crippen molar-refractivity contribution in [2.24, 2.45) is 0 Å². The first-order valence-corrected chi connectivity index (χ1v) is 18.5. The molecule has 3 aliphatic rings. The number of methoxy groups -OCH3 is 1. The molecule has 16 heteroatoms. The maximum Gasteiger partial charge on any atom is 0.270 e. The van der Waals surface area contributed by atoms with Gasteiger partial charge in [-0.2, -0.15) is 0 Å². The van der Waals surface area contributed by atoms with E-state index in [1.165, 1.54) is 13.2 Å². The van der Waals surface area contributed by atoms with Crippen LogP contribution in [-0.4, -0.2) is 129 Å². The minimum Gasteiger partial charge on any atom is -0.493 e. The Morgan fingerprint density at radius 2 is 1.78 bits per heavy atom. The zero-order valence-corrected chi connectivity index (χ0v) is 30.6. The monoisotopic (exact) mass is 752 g/mol. The van der Waals surface area contributed by atoms with Gasteiger partial charge in [0.25, 0.3) is 5.91 Å². The Kier molecular flexibility index (Phi) is 10.5. The van der Waals surface area contributed by atoms with Gasteiger partial charge in [0.2, 0.25) is 5.91 Å². The zero-order chi connectivity index (χ0) is 37.9. The molecular weight excluding hydrogens is 710 g/mol. The SMILES string of the molecule is COc1cc(F)cnc1N1CCN(C(=O)c2cc3c(-c4ccc(CN5CCOCC5)nc4)cc(C4=CCCN(C(=O)CCn5ccnn5)C4)c(F)c3[nH]2)CC1. The number of carbonyl (C=O) groups is 2. The molecule has 0 aliphatic carbocycles. The largest absolute Gasteiger partial charge is 0.493 e. The third-order valence-corrected chi connectivity index (χ3v) is 10.5. The van der Waals surface area contributed by atoms with Crippen LogP contribution in [0, 0.1) is 11.6 Å². The molecular formula is C39H42F2N10O4. The van der Waals surface area contributed by atoms with Crippen LogP contribution in [0.25, 0.3) is 27.6 Å². The number of carbonyl (C=O) groups excluding carboxylic acids is 2. The molecule has 1 N–H and O–H groups in total. The number of fused-ring (bicyclic) bond motifs is 1. The highest BCUT2D eigenvalue weighted by molar-refractivity contribution is 6.04. The second kappa shape index (κ2) is 15.9. The molecule has 14 nitrogen and oxygen atoms in total. The fourth-order valence-electron chi connectivity index (χ4n) is 7.48. The summed E-state index contributed by atoms with van der Waals surface area (Å²) in [6, 6.07) is 8.79. The minimum atomic E-state index is -0.493. The van der Waals surface area contributed by atoms with Crippen molar-refractivity contribution in [1.29, 1.82) is 0 Å². The van der Waals surface area contributed by atoms with Crippen LogP contribution in [0.4, 0.5) is 14.6 Å². The molecule has 0 bridgehead atoms. The minimum absolute atomic E-state index is 0.0515. The lowest BCUT2D eigenvalue weighted by Crippen LogP contribution is -2.49. The number of anilines is 1. The Morgan fingerprint density at radius 1 is 0.945 bits per heavy atom. The Balaban J connectivity index is 1.08. The molecule has 3 aliphatic heterocycles. The van der Waals surface area contributed by atoms with Gasteiger partial charge in [0, 0.05) is 100 Å². The molecule has 8 rings (SSSR count). The molecule has 2 fully saturated rings. The summed E-state index contributed by atoms with van der Waals surface area (Å²) >= 11 is 0. The lowest BCUT2D eigenvalue weighted by atomic mass is 9.93. The number of hydrogen-bond donors (Lipinski definition) is 1. The first-order chi connectivity index (χ1) is 26.8. The van der Waals surface area contributed by atoms with Crippen LogP contribution in [-0.2, 0) is 22.6 Å².